The van der Waals surface area contributed by atoms with E-state index in [4.69, 9.17) is 0 Å². The quantitative estimate of drug-likeness (QED) is 0.744. The normalized spacial score (nSPS) is 18.9. The van der Waals surface area contributed by atoms with E-state index < -0.39 is 0 Å². The molecule has 0 bridgehead atoms. The number of amides is 1. The minimum absolute atomic E-state index is 0.0550. The Morgan fingerprint density at radius 3 is 3.10 bits per heavy atom. The predicted molar refractivity (Wildman–Crippen MR) is 82.2 cm³/mol. The molecule has 1 saturated heterocycles. The Kier molecular flexibility index (Phi) is 6.14. The molecular formula is C16H25N3O2. The third-order valence-corrected chi connectivity index (χ3v) is 4.00. The van der Waals surface area contributed by atoms with Crippen LogP contribution in [0.5, 0.6) is 0 Å². The molecule has 0 aromatic carbocycles. The SMILES string of the molecule is Cc1cncc(C(=O)NCCCCN2CCCC2CO)c1. The number of aromatic nitrogens is 1. The number of aryl methyl sites for hydroxylation is 1. The van der Waals surface area contributed by atoms with Gasteiger partial charge in [0.25, 0.3) is 5.91 Å². The van der Waals surface area contributed by atoms with Crippen LogP contribution in [-0.2, 0) is 0 Å². The number of hydrogen-bond acceptors (Lipinski definition) is 4. The molecule has 0 aliphatic carbocycles. The van der Waals surface area contributed by atoms with Crippen LogP contribution in [0.1, 0.15) is 41.6 Å². The summed E-state index contributed by atoms with van der Waals surface area (Å²) in [6.45, 7) is 4.97. The molecule has 1 amide bonds. The van der Waals surface area contributed by atoms with Crippen LogP contribution in [0.25, 0.3) is 0 Å². The fraction of sp³-hybridized carbons (Fsp3) is 0.625. The van der Waals surface area contributed by atoms with Gasteiger partial charge in [0.1, 0.15) is 0 Å². The zero-order chi connectivity index (χ0) is 15.1. The van der Waals surface area contributed by atoms with Gasteiger partial charge in [0.05, 0.1) is 12.2 Å². The molecule has 2 heterocycles. The Hall–Kier alpha value is -1.46. The molecule has 0 saturated carbocycles. The van der Waals surface area contributed by atoms with Gasteiger partial charge >= 0.3 is 0 Å². The van der Waals surface area contributed by atoms with Crippen LogP contribution in [-0.4, -0.2) is 53.2 Å². The third kappa shape index (κ3) is 4.79. The van der Waals surface area contributed by atoms with Gasteiger partial charge in [-0.2, -0.15) is 0 Å². The van der Waals surface area contributed by atoms with Gasteiger partial charge in [0.2, 0.25) is 0 Å². The first-order chi connectivity index (χ1) is 10.2. The summed E-state index contributed by atoms with van der Waals surface area (Å²) in [6, 6.07) is 2.19. The fourth-order valence-corrected chi connectivity index (χ4v) is 2.82. The molecule has 1 aliphatic rings. The number of aliphatic hydroxyl groups is 1. The minimum Gasteiger partial charge on any atom is -0.395 e. The second-order valence-electron chi connectivity index (χ2n) is 5.73. The Balaban J connectivity index is 1.62. The molecule has 1 aromatic rings. The van der Waals surface area contributed by atoms with Crippen molar-refractivity contribution in [1.82, 2.24) is 15.2 Å². The Labute approximate surface area is 126 Å². The van der Waals surface area contributed by atoms with Crippen molar-refractivity contribution in [3.8, 4) is 0 Å². The Morgan fingerprint density at radius 1 is 1.48 bits per heavy atom. The number of pyridine rings is 1. The van der Waals surface area contributed by atoms with Crippen LogP contribution in [0.3, 0.4) is 0 Å². The van der Waals surface area contributed by atoms with Gasteiger partial charge in [-0.1, -0.05) is 0 Å². The molecule has 116 valence electrons. The first kappa shape index (κ1) is 15.9. The number of nitrogens with zero attached hydrogens (tertiary/aromatic N) is 2. The number of aliphatic hydroxyl groups excluding tert-OH is 1. The van der Waals surface area contributed by atoms with Gasteiger partial charge in [-0.3, -0.25) is 14.7 Å². The van der Waals surface area contributed by atoms with E-state index in [-0.39, 0.29) is 12.5 Å². The lowest BCUT2D eigenvalue weighted by molar-refractivity contribution is 0.0951. The molecular weight excluding hydrogens is 266 g/mol. The third-order valence-electron chi connectivity index (χ3n) is 4.00. The van der Waals surface area contributed by atoms with Crippen molar-refractivity contribution >= 4 is 5.91 Å². The molecule has 1 aliphatic heterocycles. The summed E-state index contributed by atoms with van der Waals surface area (Å²) in [5.74, 6) is -0.0550. The van der Waals surface area contributed by atoms with E-state index in [0.717, 1.165) is 37.9 Å². The molecule has 1 fully saturated rings. The molecule has 2 N–H and O–H groups in total. The van der Waals surface area contributed by atoms with Crippen LogP contribution in [0.2, 0.25) is 0 Å². The zero-order valence-corrected chi connectivity index (χ0v) is 12.7. The van der Waals surface area contributed by atoms with E-state index in [1.165, 1.54) is 6.42 Å². The monoisotopic (exact) mass is 291 g/mol. The number of rotatable bonds is 7. The average molecular weight is 291 g/mol. The predicted octanol–water partition coefficient (Wildman–Crippen LogP) is 1.36. The Morgan fingerprint density at radius 2 is 2.33 bits per heavy atom. The second kappa shape index (κ2) is 8.10. The number of unbranched alkanes of at least 4 members (excludes halogenated alkanes) is 1. The summed E-state index contributed by atoms with van der Waals surface area (Å²) in [7, 11) is 0. The maximum absolute atomic E-state index is 11.9. The number of nitrogens with one attached hydrogen (secondary N) is 1. The highest BCUT2D eigenvalue weighted by atomic mass is 16.3. The van der Waals surface area contributed by atoms with Crippen molar-refractivity contribution in [2.45, 2.75) is 38.6 Å². The van der Waals surface area contributed by atoms with E-state index in [2.05, 4.69) is 15.2 Å². The maximum atomic E-state index is 11.9. The van der Waals surface area contributed by atoms with Crippen LogP contribution in [0.15, 0.2) is 18.5 Å². The summed E-state index contributed by atoms with van der Waals surface area (Å²) in [4.78, 5) is 18.3. The summed E-state index contributed by atoms with van der Waals surface area (Å²) in [5.41, 5.74) is 1.61. The maximum Gasteiger partial charge on any atom is 0.252 e. The van der Waals surface area contributed by atoms with Crippen LogP contribution in [0, 0.1) is 6.92 Å². The summed E-state index contributed by atoms with van der Waals surface area (Å²) < 4.78 is 0. The number of likely N-dealkylation sites (tertiary alicyclic amines) is 1. The van der Waals surface area contributed by atoms with E-state index >= 15 is 0 Å². The van der Waals surface area contributed by atoms with Gasteiger partial charge in [-0.25, -0.2) is 0 Å². The van der Waals surface area contributed by atoms with Gasteiger partial charge < -0.3 is 10.4 Å². The van der Waals surface area contributed by atoms with E-state index in [9.17, 15) is 9.90 Å². The van der Waals surface area contributed by atoms with Crippen molar-refractivity contribution in [3.05, 3.63) is 29.6 Å². The second-order valence-corrected chi connectivity index (χ2v) is 5.73. The van der Waals surface area contributed by atoms with Crippen LogP contribution < -0.4 is 5.32 Å². The lowest BCUT2D eigenvalue weighted by Gasteiger charge is -2.22. The molecule has 1 aromatic heterocycles. The highest BCUT2D eigenvalue weighted by Gasteiger charge is 2.22. The number of carbonyl (C=O) groups is 1. The molecule has 1 unspecified atom stereocenters. The lowest BCUT2D eigenvalue weighted by Crippen LogP contribution is -2.33. The van der Waals surface area contributed by atoms with Crippen LogP contribution in [0.4, 0.5) is 0 Å². The number of hydrogen-bond donors (Lipinski definition) is 2. The van der Waals surface area contributed by atoms with E-state index in [0.29, 0.717) is 18.2 Å². The first-order valence-corrected chi connectivity index (χ1v) is 7.75. The highest BCUT2D eigenvalue weighted by Crippen LogP contribution is 2.16. The first-order valence-electron chi connectivity index (χ1n) is 7.75. The zero-order valence-electron chi connectivity index (χ0n) is 12.7. The molecule has 0 spiro atoms. The molecule has 1 atom stereocenters. The average Bonchev–Trinajstić information content (AvgIpc) is 2.94. The number of carbonyl (C=O) groups excluding carboxylic acids is 1. The topological polar surface area (TPSA) is 65.5 Å². The van der Waals surface area contributed by atoms with Crippen molar-refractivity contribution < 1.29 is 9.90 Å². The van der Waals surface area contributed by atoms with Crippen LogP contribution >= 0.6 is 0 Å². The largest absolute Gasteiger partial charge is 0.395 e. The summed E-state index contributed by atoms with van der Waals surface area (Å²) >= 11 is 0. The fourth-order valence-electron chi connectivity index (χ4n) is 2.82. The van der Waals surface area contributed by atoms with Crippen molar-refractivity contribution in [3.63, 3.8) is 0 Å². The van der Waals surface area contributed by atoms with Gasteiger partial charge in [0, 0.05) is 25.0 Å². The smallest absolute Gasteiger partial charge is 0.252 e. The van der Waals surface area contributed by atoms with Gasteiger partial charge in [-0.15, -0.1) is 0 Å². The molecule has 21 heavy (non-hydrogen) atoms. The Bertz CT molecular complexity index is 465. The van der Waals surface area contributed by atoms with E-state index in [1.54, 1.807) is 12.4 Å². The molecule has 5 heteroatoms. The van der Waals surface area contributed by atoms with Gasteiger partial charge in [-0.05, 0) is 57.3 Å². The molecule has 0 radical (unpaired) electrons. The standard InChI is InChI=1S/C16H25N3O2/c1-13-9-14(11-17-10-13)16(21)18-6-2-3-7-19-8-4-5-15(19)12-20/h9-11,15,20H,2-8,12H2,1H3,(H,18,21). The van der Waals surface area contributed by atoms with Crippen molar-refractivity contribution in [2.75, 3.05) is 26.2 Å². The van der Waals surface area contributed by atoms with Crippen molar-refractivity contribution in [2.24, 2.45) is 0 Å². The molecule has 2 rings (SSSR count). The van der Waals surface area contributed by atoms with Gasteiger partial charge in [0.15, 0.2) is 0 Å². The highest BCUT2D eigenvalue weighted by molar-refractivity contribution is 5.93. The van der Waals surface area contributed by atoms with E-state index in [1.807, 2.05) is 13.0 Å². The minimum atomic E-state index is -0.0550. The van der Waals surface area contributed by atoms with Crippen molar-refractivity contribution in [1.29, 1.82) is 0 Å². The lowest BCUT2D eigenvalue weighted by atomic mass is 10.2. The summed E-state index contributed by atoms with van der Waals surface area (Å²) in [5, 5.41) is 12.2. The molecule has 5 nitrogen and oxygen atoms in total. The summed E-state index contributed by atoms with van der Waals surface area (Å²) in [6.07, 6.45) is 7.63.